The van der Waals surface area contributed by atoms with E-state index in [1.54, 1.807) is 14.2 Å². The summed E-state index contributed by atoms with van der Waals surface area (Å²) < 4.78 is 12.7. The molecule has 0 aliphatic carbocycles. The zero-order chi connectivity index (χ0) is 17.3. The molecule has 0 amide bonds. The van der Waals surface area contributed by atoms with Gasteiger partial charge < -0.3 is 14.6 Å². The minimum atomic E-state index is -0.593. The number of ether oxygens (including phenoxy) is 2. The Labute approximate surface area is 141 Å². The first-order chi connectivity index (χ1) is 11.6. The molecule has 24 heavy (non-hydrogen) atoms. The molecule has 1 N–H and O–H groups in total. The Kier molecular flexibility index (Phi) is 4.44. The van der Waals surface area contributed by atoms with Gasteiger partial charge in [0.25, 0.3) is 0 Å². The molecule has 0 saturated carbocycles. The second kappa shape index (κ2) is 6.53. The normalized spacial score (nSPS) is 12.4. The van der Waals surface area contributed by atoms with Crippen LogP contribution in [0.2, 0.25) is 0 Å². The minimum Gasteiger partial charge on any atom is -0.493 e. The molecule has 0 bridgehead atoms. The zero-order valence-corrected chi connectivity index (χ0v) is 14.4. The van der Waals surface area contributed by atoms with Gasteiger partial charge in [-0.2, -0.15) is 0 Å². The molecular weight excluding hydrogens is 304 g/mol. The maximum atomic E-state index is 10.6. The minimum absolute atomic E-state index is 0.593. The molecular formula is C19H22N2O3. The van der Waals surface area contributed by atoms with Gasteiger partial charge in [0, 0.05) is 11.3 Å². The van der Waals surface area contributed by atoms with E-state index in [4.69, 9.17) is 14.5 Å². The molecule has 126 valence electrons. The van der Waals surface area contributed by atoms with Crippen molar-refractivity contribution in [1.29, 1.82) is 0 Å². The van der Waals surface area contributed by atoms with Crippen LogP contribution in [0.1, 0.15) is 30.8 Å². The van der Waals surface area contributed by atoms with Gasteiger partial charge in [0.05, 0.1) is 31.7 Å². The zero-order valence-electron chi connectivity index (χ0n) is 14.4. The molecule has 3 rings (SSSR count). The average Bonchev–Trinajstić information content (AvgIpc) is 3.01. The molecule has 1 aromatic carbocycles. The van der Waals surface area contributed by atoms with Crippen molar-refractivity contribution < 1.29 is 14.6 Å². The van der Waals surface area contributed by atoms with Crippen LogP contribution in [0.3, 0.4) is 0 Å². The van der Waals surface area contributed by atoms with Gasteiger partial charge in [-0.3, -0.25) is 4.40 Å². The van der Waals surface area contributed by atoms with E-state index >= 15 is 0 Å². The van der Waals surface area contributed by atoms with Gasteiger partial charge in [0.2, 0.25) is 0 Å². The monoisotopic (exact) mass is 326 g/mol. The predicted molar refractivity (Wildman–Crippen MR) is 93.7 cm³/mol. The quantitative estimate of drug-likeness (QED) is 0.775. The number of benzene rings is 1. The Hall–Kier alpha value is -2.53. The summed E-state index contributed by atoms with van der Waals surface area (Å²) in [7, 11) is 3.22. The first-order valence-electron chi connectivity index (χ1n) is 7.99. The molecule has 5 nitrogen and oxygen atoms in total. The van der Waals surface area contributed by atoms with Crippen LogP contribution in [0, 0.1) is 6.92 Å². The smallest absolute Gasteiger partial charge is 0.161 e. The summed E-state index contributed by atoms with van der Waals surface area (Å²) in [6, 6.07) is 11.6. The highest BCUT2D eigenvalue weighted by atomic mass is 16.5. The first-order valence-corrected chi connectivity index (χ1v) is 7.99. The molecule has 5 heteroatoms. The van der Waals surface area contributed by atoms with Crippen LogP contribution in [0.15, 0.2) is 36.4 Å². The number of hydrogen-bond acceptors (Lipinski definition) is 4. The number of pyridine rings is 1. The van der Waals surface area contributed by atoms with Gasteiger partial charge in [-0.15, -0.1) is 0 Å². The summed E-state index contributed by atoms with van der Waals surface area (Å²) in [5, 5.41) is 10.6. The van der Waals surface area contributed by atoms with Crippen LogP contribution in [0.4, 0.5) is 0 Å². The maximum absolute atomic E-state index is 10.6. The molecule has 0 spiro atoms. The summed E-state index contributed by atoms with van der Waals surface area (Å²) in [4.78, 5) is 4.75. The molecule has 2 aromatic heterocycles. The van der Waals surface area contributed by atoms with Crippen LogP contribution in [0.25, 0.3) is 16.9 Å². The van der Waals surface area contributed by atoms with E-state index in [0.29, 0.717) is 17.9 Å². The fourth-order valence-corrected chi connectivity index (χ4v) is 2.98. The third-order valence-corrected chi connectivity index (χ3v) is 4.23. The van der Waals surface area contributed by atoms with Crippen LogP contribution in [-0.2, 0) is 0 Å². The third-order valence-electron chi connectivity index (χ3n) is 4.23. The topological polar surface area (TPSA) is 56.0 Å². The Bertz CT molecular complexity index is 870. The number of methoxy groups -OCH3 is 2. The number of hydrogen-bond donors (Lipinski definition) is 1. The molecule has 3 aromatic rings. The molecule has 0 aliphatic rings. The highest BCUT2D eigenvalue weighted by Crippen LogP contribution is 2.36. The summed E-state index contributed by atoms with van der Waals surface area (Å²) in [6.45, 7) is 3.97. The Balaban J connectivity index is 2.28. The number of rotatable bonds is 5. The van der Waals surface area contributed by atoms with Crippen LogP contribution >= 0.6 is 0 Å². The van der Waals surface area contributed by atoms with Crippen molar-refractivity contribution in [3.05, 3.63) is 47.8 Å². The largest absolute Gasteiger partial charge is 0.493 e. The van der Waals surface area contributed by atoms with Crippen LogP contribution in [0.5, 0.6) is 11.5 Å². The van der Waals surface area contributed by atoms with Gasteiger partial charge in [0.15, 0.2) is 11.5 Å². The fourth-order valence-electron chi connectivity index (χ4n) is 2.98. The van der Waals surface area contributed by atoms with Gasteiger partial charge in [-0.1, -0.05) is 13.0 Å². The standard InChI is InChI=1S/C19H22N2O3/c1-5-14(22)19-18(20-17-8-6-7-12(2)21(17)19)13-9-10-15(23-3)16(11-13)24-4/h6-11,14,22H,5H2,1-4H3. The highest BCUT2D eigenvalue weighted by Gasteiger charge is 2.21. The van der Waals surface area contributed by atoms with E-state index in [1.165, 1.54) is 0 Å². The number of imidazole rings is 1. The van der Waals surface area contributed by atoms with Gasteiger partial charge in [-0.25, -0.2) is 4.98 Å². The second-order valence-corrected chi connectivity index (χ2v) is 5.70. The van der Waals surface area contributed by atoms with E-state index in [2.05, 4.69) is 0 Å². The first kappa shape index (κ1) is 16.3. The van der Waals surface area contributed by atoms with Gasteiger partial charge in [-0.05, 0) is 43.7 Å². The van der Waals surface area contributed by atoms with E-state index < -0.39 is 6.10 Å². The fraction of sp³-hybridized carbons (Fsp3) is 0.316. The van der Waals surface area contributed by atoms with Gasteiger partial charge >= 0.3 is 0 Å². The van der Waals surface area contributed by atoms with E-state index in [-0.39, 0.29) is 0 Å². The molecule has 2 heterocycles. The molecule has 0 aliphatic heterocycles. The Morgan fingerprint density at radius 2 is 1.88 bits per heavy atom. The van der Waals surface area contributed by atoms with Gasteiger partial charge in [0.1, 0.15) is 5.65 Å². The summed E-state index contributed by atoms with van der Waals surface area (Å²) >= 11 is 0. The van der Waals surface area contributed by atoms with E-state index in [0.717, 1.165) is 28.3 Å². The van der Waals surface area contributed by atoms with Crippen molar-refractivity contribution in [2.24, 2.45) is 0 Å². The lowest BCUT2D eigenvalue weighted by atomic mass is 10.0. The second-order valence-electron chi connectivity index (χ2n) is 5.70. The number of nitrogens with zero attached hydrogens (tertiary/aromatic N) is 2. The number of aromatic nitrogens is 2. The molecule has 1 atom stereocenters. The van der Waals surface area contributed by atoms with Crippen molar-refractivity contribution >= 4 is 5.65 Å². The number of aliphatic hydroxyl groups is 1. The lowest BCUT2D eigenvalue weighted by Gasteiger charge is -2.13. The average molecular weight is 326 g/mol. The summed E-state index contributed by atoms with van der Waals surface area (Å²) in [6.07, 6.45) is 0.0202. The summed E-state index contributed by atoms with van der Waals surface area (Å²) in [5.41, 5.74) is 4.31. The Morgan fingerprint density at radius 3 is 2.54 bits per heavy atom. The molecule has 0 fully saturated rings. The molecule has 0 saturated heterocycles. The van der Waals surface area contributed by atoms with E-state index in [9.17, 15) is 5.11 Å². The molecule has 1 unspecified atom stereocenters. The van der Waals surface area contributed by atoms with Crippen molar-refractivity contribution in [3.8, 4) is 22.8 Å². The van der Waals surface area contributed by atoms with E-state index in [1.807, 2.05) is 54.6 Å². The van der Waals surface area contributed by atoms with Crippen LogP contribution in [-0.4, -0.2) is 28.7 Å². The highest BCUT2D eigenvalue weighted by molar-refractivity contribution is 5.70. The number of aliphatic hydroxyl groups excluding tert-OH is 1. The SMILES string of the molecule is CCC(O)c1c(-c2ccc(OC)c(OC)c2)nc2cccc(C)n12. The van der Waals surface area contributed by atoms with Crippen LogP contribution < -0.4 is 9.47 Å². The summed E-state index contributed by atoms with van der Waals surface area (Å²) in [5.74, 6) is 1.31. The number of fused-ring (bicyclic) bond motifs is 1. The lowest BCUT2D eigenvalue weighted by molar-refractivity contribution is 0.168. The Morgan fingerprint density at radius 1 is 1.12 bits per heavy atom. The van der Waals surface area contributed by atoms with Crippen molar-refractivity contribution in [2.45, 2.75) is 26.4 Å². The number of aryl methyl sites for hydroxylation is 1. The van der Waals surface area contributed by atoms with Crippen molar-refractivity contribution in [2.75, 3.05) is 14.2 Å². The maximum Gasteiger partial charge on any atom is 0.161 e. The van der Waals surface area contributed by atoms with Crippen molar-refractivity contribution in [1.82, 2.24) is 9.38 Å². The molecule has 0 radical (unpaired) electrons. The van der Waals surface area contributed by atoms with Crippen molar-refractivity contribution in [3.63, 3.8) is 0 Å². The third kappa shape index (κ3) is 2.61. The predicted octanol–water partition coefficient (Wildman–Crippen LogP) is 3.77. The lowest BCUT2D eigenvalue weighted by Crippen LogP contribution is -2.04.